The Morgan fingerprint density at radius 3 is 1.73 bits per heavy atom. The average molecular weight is 166 g/mol. The fourth-order valence-electron chi connectivity index (χ4n) is 0.569. The molecule has 68 valence electrons. The van der Waals surface area contributed by atoms with E-state index >= 15 is 0 Å². The molecule has 0 saturated carbocycles. The van der Waals surface area contributed by atoms with Gasteiger partial charge in [-0.2, -0.15) is 0 Å². The summed E-state index contributed by atoms with van der Waals surface area (Å²) in [4.78, 5) is 0. The van der Waals surface area contributed by atoms with Crippen molar-refractivity contribution in [2.24, 2.45) is 11.5 Å². The minimum Gasteiger partial charge on any atom is -0.389 e. The summed E-state index contributed by atoms with van der Waals surface area (Å²) in [5.41, 5.74) is 10.2. The maximum atomic E-state index is 8.98. The summed E-state index contributed by atoms with van der Waals surface area (Å²) in [7, 11) is 0. The Bertz CT molecular complexity index is 111. The van der Waals surface area contributed by atoms with E-state index in [1.807, 2.05) is 0 Å². The van der Waals surface area contributed by atoms with E-state index in [0.29, 0.717) is 0 Å². The van der Waals surface area contributed by atoms with Crippen LogP contribution in [0.3, 0.4) is 0 Å². The molecule has 0 aromatic rings. The zero-order valence-electron chi connectivity index (χ0n) is 5.96. The van der Waals surface area contributed by atoms with E-state index in [-0.39, 0.29) is 6.54 Å². The molecule has 0 heterocycles. The highest BCUT2D eigenvalue weighted by Crippen LogP contribution is 2.00. The quantitative estimate of drug-likeness (QED) is 0.238. The molecule has 0 rings (SSSR count). The van der Waals surface area contributed by atoms with Gasteiger partial charge >= 0.3 is 0 Å². The van der Waals surface area contributed by atoms with E-state index in [2.05, 4.69) is 0 Å². The minimum absolute atomic E-state index is 0.0368. The van der Waals surface area contributed by atoms with Crippen LogP contribution in [-0.4, -0.2) is 51.5 Å². The molecule has 0 bridgehead atoms. The normalized spacial score (nSPS) is 19.9. The maximum Gasteiger partial charge on any atom is 0.180 e. The highest BCUT2D eigenvalue weighted by molar-refractivity contribution is 4.79. The molecule has 3 atom stereocenters. The van der Waals surface area contributed by atoms with Gasteiger partial charge in [0.25, 0.3) is 0 Å². The summed E-state index contributed by atoms with van der Waals surface area (Å²) in [5.74, 6) is 0. The number of hydrogen-bond acceptors (Lipinski definition) is 6. The van der Waals surface area contributed by atoms with Gasteiger partial charge in [-0.15, -0.1) is 0 Å². The Kier molecular flexibility index (Phi) is 4.50. The molecule has 8 N–H and O–H groups in total. The van der Waals surface area contributed by atoms with Crippen LogP contribution in [0.25, 0.3) is 0 Å². The van der Waals surface area contributed by atoms with Gasteiger partial charge in [-0.05, 0) is 0 Å². The molecular weight excluding hydrogens is 152 g/mol. The Morgan fingerprint density at radius 1 is 1.00 bits per heavy atom. The molecule has 0 radical (unpaired) electrons. The first-order chi connectivity index (χ1) is 5.00. The predicted molar refractivity (Wildman–Crippen MR) is 37.3 cm³/mol. The molecule has 0 aliphatic rings. The van der Waals surface area contributed by atoms with Crippen molar-refractivity contribution >= 4 is 0 Å². The molecular formula is C5H14N2O4. The van der Waals surface area contributed by atoms with Crippen LogP contribution in [0, 0.1) is 0 Å². The van der Waals surface area contributed by atoms with Crippen LogP contribution in [0.1, 0.15) is 0 Å². The second kappa shape index (κ2) is 4.60. The smallest absolute Gasteiger partial charge is 0.180 e. The van der Waals surface area contributed by atoms with Gasteiger partial charge in [0.1, 0.15) is 12.2 Å². The maximum absolute atomic E-state index is 8.98. The minimum atomic E-state index is -2.00. The van der Waals surface area contributed by atoms with Crippen LogP contribution in [-0.2, 0) is 0 Å². The van der Waals surface area contributed by atoms with Gasteiger partial charge in [0.15, 0.2) is 6.29 Å². The van der Waals surface area contributed by atoms with E-state index in [9.17, 15) is 0 Å². The molecule has 0 saturated heterocycles. The highest BCUT2D eigenvalue weighted by atomic mass is 16.5. The second-order valence-electron chi connectivity index (χ2n) is 2.29. The number of nitrogens with two attached hydrogens (primary N) is 2. The van der Waals surface area contributed by atoms with Gasteiger partial charge in [-0.1, -0.05) is 0 Å². The number of hydrogen-bond donors (Lipinski definition) is 6. The molecule has 0 aromatic carbocycles. The van der Waals surface area contributed by atoms with Crippen molar-refractivity contribution in [3.05, 3.63) is 0 Å². The Hall–Kier alpha value is -0.240. The van der Waals surface area contributed by atoms with Crippen LogP contribution in [0.4, 0.5) is 0 Å². The highest BCUT2D eigenvalue weighted by Gasteiger charge is 2.27. The van der Waals surface area contributed by atoms with Crippen molar-refractivity contribution in [2.75, 3.05) is 6.54 Å². The summed E-state index contributed by atoms with van der Waals surface area (Å²) < 4.78 is 0. The number of rotatable bonds is 4. The zero-order valence-corrected chi connectivity index (χ0v) is 5.96. The summed E-state index contributed by atoms with van der Waals surface area (Å²) >= 11 is 0. The Morgan fingerprint density at radius 2 is 1.45 bits per heavy atom. The molecule has 11 heavy (non-hydrogen) atoms. The van der Waals surface area contributed by atoms with E-state index in [0.717, 1.165) is 0 Å². The van der Waals surface area contributed by atoms with E-state index in [1.165, 1.54) is 0 Å². The van der Waals surface area contributed by atoms with Crippen molar-refractivity contribution in [3.63, 3.8) is 0 Å². The second-order valence-corrected chi connectivity index (χ2v) is 2.29. The fourth-order valence-corrected chi connectivity index (χ4v) is 0.569. The topological polar surface area (TPSA) is 133 Å². The Labute approximate surface area is 64.1 Å². The molecule has 0 spiro atoms. The standard InChI is InChI=1S/C5H14N2O4/c6-1-2(7)3(8)4(9)5(10)11/h2-5,8-11H,1,6-7H2. The SMILES string of the molecule is NCC(N)C(O)C(O)C(O)O. The first-order valence-electron chi connectivity index (χ1n) is 3.18. The van der Waals surface area contributed by atoms with Crippen molar-refractivity contribution in [1.29, 1.82) is 0 Å². The molecule has 6 nitrogen and oxygen atoms in total. The summed E-state index contributed by atoms with van der Waals surface area (Å²) in [6.45, 7) is -0.0368. The first kappa shape index (κ1) is 10.8. The van der Waals surface area contributed by atoms with Crippen molar-refractivity contribution in [1.82, 2.24) is 0 Å². The number of aliphatic hydroxyl groups excluding tert-OH is 3. The first-order valence-corrected chi connectivity index (χ1v) is 3.18. The van der Waals surface area contributed by atoms with E-state index in [4.69, 9.17) is 31.9 Å². The summed E-state index contributed by atoms with van der Waals surface area (Å²) in [6.07, 6.45) is -5.09. The van der Waals surface area contributed by atoms with E-state index < -0.39 is 24.5 Å². The molecule has 0 fully saturated rings. The zero-order chi connectivity index (χ0) is 9.02. The van der Waals surface area contributed by atoms with Gasteiger partial charge in [-0.3, -0.25) is 0 Å². The third-order valence-corrected chi connectivity index (χ3v) is 1.37. The lowest BCUT2D eigenvalue weighted by Gasteiger charge is -2.23. The van der Waals surface area contributed by atoms with Crippen molar-refractivity contribution < 1.29 is 20.4 Å². The van der Waals surface area contributed by atoms with Gasteiger partial charge < -0.3 is 31.9 Å². The summed E-state index contributed by atoms with van der Waals surface area (Å²) in [5, 5.41) is 34.6. The van der Waals surface area contributed by atoms with Gasteiger partial charge in [0.05, 0.1) is 0 Å². The Balaban J connectivity index is 3.90. The van der Waals surface area contributed by atoms with Gasteiger partial charge in [0.2, 0.25) is 0 Å². The molecule has 3 unspecified atom stereocenters. The molecule has 0 amide bonds. The summed E-state index contributed by atoms with van der Waals surface area (Å²) in [6, 6.07) is -0.855. The lowest BCUT2D eigenvalue weighted by molar-refractivity contribution is -0.160. The van der Waals surface area contributed by atoms with Gasteiger partial charge in [-0.25, -0.2) is 0 Å². The molecule has 0 aliphatic heterocycles. The number of aliphatic hydroxyl groups is 4. The van der Waals surface area contributed by atoms with Crippen LogP contribution in [0.2, 0.25) is 0 Å². The third kappa shape index (κ3) is 3.10. The van der Waals surface area contributed by atoms with Gasteiger partial charge in [0, 0.05) is 12.6 Å². The molecule has 6 heteroatoms. The average Bonchev–Trinajstić information content (AvgIpc) is 2.00. The monoisotopic (exact) mass is 166 g/mol. The van der Waals surface area contributed by atoms with Crippen molar-refractivity contribution in [2.45, 2.75) is 24.5 Å². The van der Waals surface area contributed by atoms with Crippen LogP contribution in [0.5, 0.6) is 0 Å². The molecule has 0 aliphatic carbocycles. The lowest BCUT2D eigenvalue weighted by Crippen LogP contribution is -2.51. The lowest BCUT2D eigenvalue weighted by atomic mass is 10.1. The van der Waals surface area contributed by atoms with Crippen LogP contribution in [0.15, 0.2) is 0 Å². The van der Waals surface area contributed by atoms with Crippen molar-refractivity contribution in [3.8, 4) is 0 Å². The predicted octanol–water partition coefficient (Wildman–Crippen LogP) is -3.70. The molecule has 0 aromatic heterocycles. The largest absolute Gasteiger partial charge is 0.389 e. The third-order valence-electron chi connectivity index (χ3n) is 1.37. The van der Waals surface area contributed by atoms with Crippen LogP contribution >= 0.6 is 0 Å². The van der Waals surface area contributed by atoms with Crippen LogP contribution < -0.4 is 11.5 Å². The van der Waals surface area contributed by atoms with E-state index in [1.54, 1.807) is 0 Å². The fraction of sp³-hybridized carbons (Fsp3) is 1.00.